The monoisotopic (exact) mass is 267 g/mol. The lowest BCUT2D eigenvalue weighted by Gasteiger charge is -2.18. The molecule has 0 saturated heterocycles. The fourth-order valence-corrected chi connectivity index (χ4v) is 1.89. The van der Waals surface area contributed by atoms with Crippen LogP contribution in [0.25, 0.3) is 0 Å². The van der Waals surface area contributed by atoms with Gasteiger partial charge in [-0.15, -0.1) is 0 Å². The Kier molecular flexibility index (Phi) is 7.33. The van der Waals surface area contributed by atoms with Gasteiger partial charge in [-0.25, -0.2) is 13.2 Å². The molecule has 0 aromatic carbocycles. The zero-order valence-electron chi connectivity index (χ0n) is 10.5. The minimum absolute atomic E-state index is 0.0792. The summed E-state index contributed by atoms with van der Waals surface area (Å²) in [6.45, 7) is 2.98. The van der Waals surface area contributed by atoms with Crippen molar-refractivity contribution in [3.63, 3.8) is 0 Å². The number of sulfone groups is 1. The zero-order valence-corrected chi connectivity index (χ0v) is 11.4. The van der Waals surface area contributed by atoms with Gasteiger partial charge in [-0.05, 0) is 20.4 Å². The summed E-state index contributed by atoms with van der Waals surface area (Å²) in [6, 6.07) is 0. The fourth-order valence-electron chi connectivity index (χ4n) is 1.25. The van der Waals surface area contributed by atoms with Crippen LogP contribution in [0.5, 0.6) is 0 Å². The summed E-state index contributed by atoms with van der Waals surface area (Å²) in [5.74, 6) is -0.904. The molecule has 0 aliphatic rings. The summed E-state index contributed by atoms with van der Waals surface area (Å²) in [6.07, 6.45) is 0.713. The summed E-state index contributed by atoms with van der Waals surface area (Å²) >= 11 is 0. The summed E-state index contributed by atoms with van der Waals surface area (Å²) in [5, 5.41) is 8.84. The predicted octanol–water partition coefficient (Wildman–Crippen LogP) is -0.157. The quantitative estimate of drug-likeness (QED) is 0.625. The van der Waals surface area contributed by atoms with Crippen LogP contribution in [0.3, 0.4) is 0 Å². The predicted molar refractivity (Wildman–Crippen MR) is 64.9 cm³/mol. The lowest BCUT2D eigenvalue weighted by molar-refractivity contribution is -0.150. The van der Waals surface area contributed by atoms with E-state index in [-0.39, 0.29) is 5.75 Å². The fraction of sp³-hybridized carbons (Fsp3) is 0.900. The lowest BCUT2D eigenvalue weighted by atomic mass is 10.2. The van der Waals surface area contributed by atoms with Gasteiger partial charge in [-0.2, -0.15) is 0 Å². The van der Waals surface area contributed by atoms with Gasteiger partial charge in [0, 0.05) is 26.0 Å². The lowest BCUT2D eigenvalue weighted by Crippen LogP contribution is -2.32. The number of carbonyl (C=O) groups is 1. The van der Waals surface area contributed by atoms with E-state index in [9.17, 15) is 13.2 Å². The van der Waals surface area contributed by atoms with Crippen molar-refractivity contribution >= 4 is 15.8 Å². The van der Waals surface area contributed by atoms with Crippen molar-refractivity contribution in [2.45, 2.75) is 19.4 Å². The smallest absolute Gasteiger partial charge is 0.332 e. The minimum Gasteiger partial charge on any atom is -0.479 e. The maximum atomic E-state index is 10.9. The highest BCUT2D eigenvalue weighted by Crippen LogP contribution is 2.01. The second-order valence-electron chi connectivity index (χ2n) is 4.00. The van der Waals surface area contributed by atoms with Gasteiger partial charge in [0.05, 0.1) is 5.75 Å². The molecule has 0 saturated carbocycles. The summed E-state index contributed by atoms with van der Waals surface area (Å²) < 4.78 is 26.9. The van der Waals surface area contributed by atoms with E-state index in [0.29, 0.717) is 26.1 Å². The largest absolute Gasteiger partial charge is 0.479 e. The molecular formula is C10H21NO5S. The van der Waals surface area contributed by atoms with Gasteiger partial charge < -0.3 is 14.7 Å². The summed E-state index contributed by atoms with van der Waals surface area (Å²) in [5.41, 5.74) is 0. The molecule has 0 radical (unpaired) electrons. The van der Waals surface area contributed by atoms with Crippen LogP contribution in [0, 0.1) is 0 Å². The molecule has 0 aliphatic heterocycles. The Labute approximate surface area is 102 Å². The van der Waals surface area contributed by atoms with Gasteiger partial charge in [0.15, 0.2) is 6.10 Å². The molecule has 1 N–H and O–H groups in total. The van der Waals surface area contributed by atoms with Gasteiger partial charge >= 0.3 is 5.97 Å². The molecule has 1 atom stereocenters. The van der Waals surface area contributed by atoms with E-state index in [1.165, 1.54) is 6.26 Å². The SMILES string of the molecule is CCOC(CCN(C)CCS(C)(=O)=O)C(=O)O. The Hall–Kier alpha value is -0.660. The summed E-state index contributed by atoms with van der Waals surface area (Å²) in [4.78, 5) is 12.6. The molecule has 0 heterocycles. The Morgan fingerprint density at radius 2 is 2.00 bits per heavy atom. The molecule has 6 nitrogen and oxygen atoms in total. The average molecular weight is 267 g/mol. The van der Waals surface area contributed by atoms with Gasteiger partial charge in [0.1, 0.15) is 9.84 Å². The van der Waals surface area contributed by atoms with Crippen LogP contribution in [0.2, 0.25) is 0 Å². The first-order valence-corrected chi connectivity index (χ1v) is 7.53. The Bertz CT molecular complexity index is 328. The molecule has 7 heteroatoms. The highest BCUT2D eigenvalue weighted by atomic mass is 32.2. The molecule has 0 bridgehead atoms. The van der Waals surface area contributed by atoms with Crippen molar-refractivity contribution in [2.24, 2.45) is 0 Å². The molecule has 17 heavy (non-hydrogen) atoms. The van der Waals surface area contributed by atoms with Crippen LogP contribution in [-0.4, -0.2) is 69.3 Å². The van der Waals surface area contributed by atoms with E-state index in [2.05, 4.69) is 0 Å². The van der Waals surface area contributed by atoms with Crippen molar-refractivity contribution in [3.05, 3.63) is 0 Å². The maximum absolute atomic E-state index is 10.9. The van der Waals surface area contributed by atoms with Gasteiger partial charge in [-0.1, -0.05) is 0 Å². The summed E-state index contributed by atoms with van der Waals surface area (Å²) in [7, 11) is -1.21. The highest BCUT2D eigenvalue weighted by Gasteiger charge is 2.17. The van der Waals surface area contributed by atoms with Crippen LogP contribution in [-0.2, 0) is 19.4 Å². The number of ether oxygens (including phenoxy) is 1. The first kappa shape index (κ1) is 16.3. The molecule has 0 aliphatic carbocycles. The number of aliphatic carboxylic acids is 1. The Morgan fingerprint density at radius 3 is 2.41 bits per heavy atom. The van der Waals surface area contributed by atoms with E-state index in [4.69, 9.17) is 9.84 Å². The number of carboxylic acids is 1. The second-order valence-corrected chi connectivity index (χ2v) is 6.26. The first-order valence-electron chi connectivity index (χ1n) is 5.47. The van der Waals surface area contributed by atoms with Crippen LogP contribution >= 0.6 is 0 Å². The van der Waals surface area contributed by atoms with Crippen LogP contribution in [0.4, 0.5) is 0 Å². The zero-order chi connectivity index (χ0) is 13.5. The Morgan fingerprint density at radius 1 is 1.41 bits per heavy atom. The van der Waals surface area contributed by atoms with Crippen molar-refractivity contribution < 1.29 is 23.1 Å². The normalized spacial score (nSPS) is 13.9. The van der Waals surface area contributed by atoms with Crippen LogP contribution in [0.1, 0.15) is 13.3 Å². The van der Waals surface area contributed by atoms with E-state index < -0.39 is 21.9 Å². The third-order valence-electron chi connectivity index (χ3n) is 2.26. The highest BCUT2D eigenvalue weighted by molar-refractivity contribution is 7.90. The molecule has 0 fully saturated rings. The van der Waals surface area contributed by atoms with Gasteiger partial charge in [0.25, 0.3) is 0 Å². The number of carboxylic acid groups (broad SMARTS) is 1. The number of nitrogens with zero attached hydrogens (tertiary/aromatic N) is 1. The Balaban J connectivity index is 3.96. The van der Waals surface area contributed by atoms with Crippen molar-refractivity contribution in [1.82, 2.24) is 4.90 Å². The first-order chi connectivity index (χ1) is 7.76. The topological polar surface area (TPSA) is 83.9 Å². The molecule has 0 aromatic heterocycles. The molecule has 0 aromatic rings. The standard InChI is InChI=1S/C10H21NO5S/c1-4-16-9(10(12)13)5-6-11(2)7-8-17(3,14)15/h9H,4-8H2,1-3H3,(H,12,13). The van der Waals surface area contributed by atoms with Crippen LogP contribution in [0.15, 0.2) is 0 Å². The van der Waals surface area contributed by atoms with E-state index >= 15 is 0 Å². The van der Waals surface area contributed by atoms with E-state index in [1.807, 2.05) is 0 Å². The molecule has 0 spiro atoms. The van der Waals surface area contributed by atoms with Crippen LogP contribution < -0.4 is 0 Å². The molecule has 1 unspecified atom stereocenters. The third kappa shape index (κ3) is 9.08. The number of hydrogen-bond acceptors (Lipinski definition) is 5. The number of rotatable bonds is 9. The van der Waals surface area contributed by atoms with Crippen molar-refractivity contribution in [3.8, 4) is 0 Å². The van der Waals surface area contributed by atoms with Crippen molar-refractivity contribution in [2.75, 3.05) is 38.8 Å². The second kappa shape index (κ2) is 7.62. The van der Waals surface area contributed by atoms with Gasteiger partial charge in [-0.3, -0.25) is 0 Å². The molecular weight excluding hydrogens is 246 g/mol. The van der Waals surface area contributed by atoms with E-state index in [1.54, 1.807) is 18.9 Å². The third-order valence-corrected chi connectivity index (χ3v) is 3.18. The van der Waals surface area contributed by atoms with Gasteiger partial charge in [0.2, 0.25) is 0 Å². The van der Waals surface area contributed by atoms with E-state index in [0.717, 1.165) is 0 Å². The van der Waals surface area contributed by atoms with Crippen molar-refractivity contribution in [1.29, 1.82) is 0 Å². The number of hydrogen-bond donors (Lipinski definition) is 1. The maximum Gasteiger partial charge on any atom is 0.332 e. The minimum atomic E-state index is -2.97. The average Bonchev–Trinajstić information content (AvgIpc) is 2.19. The molecule has 0 rings (SSSR count). The molecule has 102 valence electrons. The molecule has 0 amide bonds.